The minimum Gasteiger partial charge on any atom is -0.545 e. The summed E-state index contributed by atoms with van der Waals surface area (Å²) in [4.78, 5) is 10.3. The maximum atomic E-state index is 10.3. The van der Waals surface area contributed by atoms with Crippen molar-refractivity contribution in [3.8, 4) is 0 Å². The third-order valence-corrected chi connectivity index (χ3v) is 4.60. The highest BCUT2D eigenvalue weighted by Crippen LogP contribution is 2.18. The zero-order valence-electron chi connectivity index (χ0n) is 16.3. The van der Waals surface area contributed by atoms with Gasteiger partial charge in [-0.05, 0) is 37.3 Å². The molecular formula is C19H37NO5. The Bertz CT molecular complexity index is 381. The maximum absolute atomic E-state index is 10.3. The van der Waals surface area contributed by atoms with Crippen molar-refractivity contribution >= 4 is 5.97 Å². The van der Waals surface area contributed by atoms with Gasteiger partial charge in [-0.15, -0.1) is 0 Å². The van der Waals surface area contributed by atoms with E-state index in [4.69, 9.17) is 15.3 Å². The number of hydrogen-bond donors (Lipinski definition) is 3. The fourth-order valence-corrected chi connectivity index (χ4v) is 3.67. The normalized spacial score (nSPS) is 23.5. The van der Waals surface area contributed by atoms with Gasteiger partial charge in [0.05, 0.1) is 38.3 Å². The Balaban J connectivity index is 0.000000462. The molecule has 25 heavy (non-hydrogen) atoms. The van der Waals surface area contributed by atoms with Crippen molar-refractivity contribution in [3.63, 3.8) is 0 Å². The summed E-state index contributed by atoms with van der Waals surface area (Å²) in [5.41, 5.74) is -0.180. The standard InChI is InChI=1S/C12H28N.C7H10O5/c1-5-9-13(10-6-2,11-7-3)12-8-4;8-4-1-3(7(11)12)2-5(9)6(4)10/h5-12H2,1-4H3;1,4-6,8-10H,2H2,(H,11,12)/q+1;/p-1. The molecule has 0 aliphatic heterocycles. The van der Waals surface area contributed by atoms with Crippen LogP contribution in [0.4, 0.5) is 0 Å². The largest absolute Gasteiger partial charge is 0.545 e. The van der Waals surface area contributed by atoms with E-state index < -0.39 is 24.3 Å². The number of aliphatic hydroxyl groups excluding tert-OH is 3. The Morgan fingerprint density at radius 1 is 1.00 bits per heavy atom. The average molecular weight is 360 g/mol. The number of rotatable bonds is 9. The lowest BCUT2D eigenvalue weighted by Gasteiger charge is -2.38. The lowest BCUT2D eigenvalue weighted by atomic mass is 9.92. The second-order valence-electron chi connectivity index (χ2n) is 6.97. The fraction of sp³-hybridized carbons (Fsp3) is 0.842. The van der Waals surface area contributed by atoms with Gasteiger partial charge in [-0.1, -0.05) is 27.7 Å². The van der Waals surface area contributed by atoms with Crippen LogP contribution in [0.5, 0.6) is 0 Å². The summed E-state index contributed by atoms with van der Waals surface area (Å²) in [5, 5.41) is 37.3. The highest BCUT2D eigenvalue weighted by Gasteiger charge is 2.29. The van der Waals surface area contributed by atoms with E-state index in [1.807, 2.05) is 0 Å². The minimum absolute atomic E-state index is 0.180. The van der Waals surface area contributed by atoms with Gasteiger partial charge in [-0.25, -0.2) is 0 Å². The molecule has 1 aliphatic rings. The molecule has 3 N–H and O–H groups in total. The van der Waals surface area contributed by atoms with Crippen LogP contribution in [0.15, 0.2) is 11.6 Å². The predicted octanol–water partition coefficient (Wildman–Crippen LogP) is 0.592. The Morgan fingerprint density at radius 3 is 1.68 bits per heavy atom. The van der Waals surface area contributed by atoms with Crippen LogP contribution >= 0.6 is 0 Å². The molecule has 0 radical (unpaired) electrons. The Labute approximate surface area is 152 Å². The zero-order valence-corrected chi connectivity index (χ0v) is 16.3. The molecule has 0 fully saturated rings. The lowest BCUT2D eigenvalue weighted by molar-refractivity contribution is -0.928. The van der Waals surface area contributed by atoms with Crippen LogP contribution in [0, 0.1) is 0 Å². The molecule has 0 aromatic rings. The molecule has 0 aromatic heterocycles. The summed E-state index contributed by atoms with van der Waals surface area (Å²) in [6, 6.07) is 0. The van der Waals surface area contributed by atoms with E-state index in [0.29, 0.717) is 0 Å². The molecule has 1 aliphatic carbocycles. The van der Waals surface area contributed by atoms with Crippen molar-refractivity contribution in [2.45, 2.75) is 78.1 Å². The van der Waals surface area contributed by atoms with Gasteiger partial charge in [-0.3, -0.25) is 0 Å². The van der Waals surface area contributed by atoms with Gasteiger partial charge < -0.3 is 29.7 Å². The van der Waals surface area contributed by atoms with Gasteiger partial charge in [0.15, 0.2) is 0 Å². The molecule has 3 atom stereocenters. The van der Waals surface area contributed by atoms with E-state index in [0.717, 1.165) is 6.08 Å². The van der Waals surface area contributed by atoms with E-state index >= 15 is 0 Å². The van der Waals surface area contributed by atoms with Crippen molar-refractivity contribution in [1.29, 1.82) is 0 Å². The summed E-state index contributed by atoms with van der Waals surface area (Å²) >= 11 is 0. The molecule has 148 valence electrons. The van der Waals surface area contributed by atoms with Crippen molar-refractivity contribution < 1.29 is 29.7 Å². The highest BCUT2D eigenvalue weighted by atomic mass is 16.4. The van der Waals surface area contributed by atoms with Crippen LogP contribution in [0.25, 0.3) is 0 Å². The van der Waals surface area contributed by atoms with E-state index in [9.17, 15) is 9.90 Å². The van der Waals surface area contributed by atoms with Crippen molar-refractivity contribution in [2.24, 2.45) is 0 Å². The van der Waals surface area contributed by atoms with Crippen molar-refractivity contribution in [3.05, 3.63) is 11.6 Å². The van der Waals surface area contributed by atoms with Gasteiger partial charge in [0.1, 0.15) is 12.2 Å². The first-order chi connectivity index (χ1) is 11.8. The second kappa shape index (κ2) is 12.4. The number of aliphatic carboxylic acids is 1. The van der Waals surface area contributed by atoms with Crippen LogP contribution < -0.4 is 5.11 Å². The second-order valence-corrected chi connectivity index (χ2v) is 6.97. The van der Waals surface area contributed by atoms with Gasteiger partial charge in [0.25, 0.3) is 0 Å². The van der Waals surface area contributed by atoms with E-state index in [-0.39, 0.29) is 12.0 Å². The molecule has 0 saturated carbocycles. The van der Waals surface area contributed by atoms with Gasteiger partial charge >= 0.3 is 0 Å². The summed E-state index contributed by atoms with van der Waals surface area (Å²) in [5.74, 6) is -1.43. The Kier molecular flexibility index (Phi) is 11.9. The molecule has 6 nitrogen and oxygen atoms in total. The number of nitrogens with zero attached hydrogens (tertiary/aromatic N) is 1. The van der Waals surface area contributed by atoms with Crippen LogP contribution in [-0.4, -0.2) is 70.3 Å². The van der Waals surface area contributed by atoms with Gasteiger partial charge in [0.2, 0.25) is 0 Å². The van der Waals surface area contributed by atoms with Gasteiger partial charge in [-0.2, -0.15) is 0 Å². The molecule has 0 saturated heterocycles. The SMILES string of the molecule is CCC[N+](CCC)(CCC)CCC.O=C([O-])C1=CC(O)C(O)C(O)C1. The molecule has 0 bridgehead atoms. The minimum atomic E-state index is -1.43. The van der Waals surface area contributed by atoms with Crippen LogP contribution in [0.2, 0.25) is 0 Å². The molecule has 0 spiro atoms. The van der Waals surface area contributed by atoms with Gasteiger partial charge in [0, 0.05) is 6.42 Å². The summed E-state index contributed by atoms with van der Waals surface area (Å²) in [6.45, 7) is 14.8. The molecule has 0 aromatic carbocycles. The average Bonchev–Trinajstić information content (AvgIpc) is 2.53. The summed E-state index contributed by atoms with van der Waals surface area (Å²) in [7, 11) is 0. The quantitative estimate of drug-likeness (QED) is 0.523. The van der Waals surface area contributed by atoms with E-state index in [1.165, 1.54) is 56.3 Å². The van der Waals surface area contributed by atoms with E-state index in [1.54, 1.807) is 0 Å². The van der Waals surface area contributed by atoms with E-state index in [2.05, 4.69) is 27.7 Å². The molecule has 1 rings (SSSR count). The number of carbonyl (C=O) groups excluding carboxylic acids is 1. The van der Waals surface area contributed by atoms with Crippen molar-refractivity contribution in [1.82, 2.24) is 0 Å². The zero-order chi connectivity index (χ0) is 19.5. The molecule has 3 unspecified atom stereocenters. The topological polar surface area (TPSA) is 101 Å². The number of aliphatic hydroxyl groups is 3. The number of carboxylic acid groups (broad SMARTS) is 1. The van der Waals surface area contributed by atoms with Crippen LogP contribution in [0.3, 0.4) is 0 Å². The fourth-order valence-electron chi connectivity index (χ4n) is 3.67. The maximum Gasteiger partial charge on any atom is 0.110 e. The smallest absolute Gasteiger partial charge is 0.110 e. The number of quaternary nitrogens is 1. The highest BCUT2D eigenvalue weighted by molar-refractivity contribution is 5.85. The third-order valence-electron chi connectivity index (χ3n) is 4.60. The number of carbonyl (C=O) groups is 1. The first kappa shape index (κ1) is 24.1. The number of hydrogen-bond acceptors (Lipinski definition) is 5. The molecule has 6 heteroatoms. The molecule has 0 heterocycles. The molecular weight excluding hydrogens is 322 g/mol. The number of carboxylic acids is 1. The monoisotopic (exact) mass is 359 g/mol. The Hall–Kier alpha value is -0.950. The van der Waals surface area contributed by atoms with Crippen LogP contribution in [0.1, 0.15) is 59.8 Å². The van der Waals surface area contributed by atoms with Crippen molar-refractivity contribution in [2.75, 3.05) is 26.2 Å². The van der Waals surface area contributed by atoms with Crippen LogP contribution in [-0.2, 0) is 4.79 Å². The predicted molar refractivity (Wildman–Crippen MR) is 96.6 cm³/mol. The summed E-state index contributed by atoms with van der Waals surface area (Å²) in [6.07, 6.45) is 2.24. The molecule has 0 amide bonds. The Morgan fingerprint density at radius 2 is 1.40 bits per heavy atom. The lowest BCUT2D eigenvalue weighted by Crippen LogP contribution is -2.50. The first-order valence-corrected chi connectivity index (χ1v) is 9.58. The first-order valence-electron chi connectivity index (χ1n) is 9.58. The summed E-state index contributed by atoms with van der Waals surface area (Å²) < 4.78 is 1.38. The third kappa shape index (κ3) is 8.31.